The molecule has 0 aliphatic carbocycles. The fourth-order valence-corrected chi connectivity index (χ4v) is 3.39. The lowest BCUT2D eigenvalue weighted by atomic mass is 10.1. The molecule has 3 aromatic rings. The number of nitrogens with zero attached hydrogens (tertiary/aromatic N) is 3. The standard InChI is InChI=1S/C20H21N3O3/c1-14-21-17-4-2-3-5-18(17)23(14)12-20(25)22-8-9-26-19-7-6-15(13-24)10-16(19)11-22/h2-7,10,24H,8-9,11-13H2,1H3. The Morgan fingerprint density at radius 1 is 1.27 bits per heavy atom. The van der Waals surface area contributed by atoms with Crippen LogP contribution in [-0.4, -0.2) is 38.6 Å². The van der Waals surface area contributed by atoms with Crippen LogP contribution in [0.3, 0.4) is 0 Å². The maximum atomic E-state index is 13.0. The van der Waals surface area contributed by atoms with E-state index in [2.05, 4.69) is 4.98 Å². The summed E-state index contributed by atoms with van der Waals surface area (Å²) in [6.07, 6.45) is 0. The Kier molecular flexibility index (Phi) is 4.34. The van der Waals surface area contributed by atoms with Crippen molar-refractivity contribution in [2.45, 2.75) is 26.6 Å². The number of aromatic nitrogens is 2. The SMILES string of the molecule is Cc1nc2ccccc2n1CC(=O)N1CCOc2ccc(CO)cc2C1. The summed E-state index contributed by atoms with van der Waals surface area (Å²) in [6, 6.07) is 13.4. The van der Waals surface area contributed by atoms with Gasteiger partial charge in [0.15, 0.2) is 0 Å². The molecule has 1 aromatic heterocycles. The van der Waals surface area contributed by atoms with E-state index >= 15 is 0 Å². The van der Waals surface area contributed by atoms with Gasteiger partial charge in [-0.05, 0) is 36.8 Å². The average Bonchev–Trinajstić information content (AvgIpc) is 2.83. The molecule has 134 valence electrons. The molecule has 0 spiro atoms. The number of fused-ring (bicyclic) bond motifs is 2. The summed E-state index contributed by atoms with van der Waals surface area (Å²) in [4.78, 5) is 19.3. The third kappa shape index (κ3) is 3.04. The highest BCUT2D eigenvalue weighted by Crippen LogP contribution is 2.25. The fraction of sp³-hybridized carbons (Fsp3) is 0.300. The summed E-state index contributed by atoms with van der Waals surface area (Å²) < 4.78 is 7.72. The molecule has 6 nitrogen and oxygen atoms in total. The molecule has 1 N–H and O–H groups in total. The first-order chi connectivity index (χ1) is 12.7. The number of hydrogen-bond acceptors (Lipinski definition) is 4. The molecule has 1 amide bonds. The van der Waals surface area contributed by atoms with Crippen LogP contribution in [0, 0.1) is 6.92 Å². The molecule has 2 heterocycles. The van der Waals surface area contributed by atoms with Gasteiger partial charge in [-0.25, -0.2) is 4.98 Å². The predicted octanol–water partition coefficient (Wildman–Crippen LogP) is 2.26. The van der Waals surface area contributed by atoms with Gasteiger partial charge in [-0.2, -0.15) is 0 Å². The molecule has 2 aromatic carbocycles. The van der Waals surface area contributed by atoms with E-state index in [-0.39, 0.29) is 19.1 Å². The van der Waals surface area contributed by atoms with Gasteiger partial charge >= 0.3 is 0 Å². The van der Waals surface area contributed by atoms with Crippen LogP contribution >= 0.6 is 0 Å². The monoisotopic (exact) mass is 351 g/mol. The zero-order valence-electron chi connectivity index (χ0n) is 14.7. The van der Waals surface area contributed by atoms with Crippen molar-refractivity contribution < 1.29 is 14.6 Å². The maximum absolute atomic E-state index is 13.0. The van der Waals surface area contributed by atoms with Gasteiger partial charge in [0.2, 0.25) is 5.91 Å². The predicted molar refractivity (Wildman–Crippen MR) is 97.7 cm³/mol. The Morgan fingerprint density at radius 3 is 2.96 bits per heavy atom. The third-order valence-electron chi connectivity index (χ3n) is 4.78. The molecule has 0 saturated heterocycles. The highest BCUT2D eigenvalue weighted by molar-refractivity contribution is 5.81. The summed E-state index contributed by atoms with van der Waals surface area (Å²) in [7, 11) is 0. The molecule has 6 heteroatoms. The lowest BCUT2D eigenvalue weighted by molar-refractivity contribution is -0.132. The van der Waals surface area contributed by atoms with Gasteiger partial charge in [0.05, 0.1) is 24.2 Å². The second-order valence-electron chi connectivity index (χ2n) is 6.50. The van der Waals surface area contributed by atoms with Gasteiger partial charge in [0.25, 0.3) is 0 Å². The molecular formula is C20H21N3O3. The van der Waals surface area contributed by atoms with Crippen LogP contribution in [-0.2, 0) is 24.5 Å². The highest BCUT2D eigenvalue weighted by atomic mass is 16.5. The Bertz CT molecular complexity index is 964. The van der Waals surface area contributed by atoms with Crippen LogP contribution < -0.4 is 4.74 Å². The molecule has 0 saturated carbocycles. The number of benzene rings is 2. The molecule has 0 radical (unpaired) electrons. The smallest absolute Gasteiger partial charge is 0.242 e. The van der Waals surface area contributed by atoms with Crippen molar-refractivity contribution in [3.63, 3.8) is 0 Å². The van der Waals surface area contributed by atoms with Gasteiger partial charge < -0.3 is 19.3 Å². The van der Waals surface area contributed by atoms with E-state index in [0.717, 1.165) is 33.7 Å². The minimum Gasteiger partial charge on any atom is -0.491 e. The Hall–Kier alpha value is -2.86. The Morgan fingerprint density at radius 2 is 2.12 bits per heavy atom. The topological polar surface area (TPSA) is 67.6 Å². The van der Waals surface area contributed by atoms with Crippen molar-refractivity contribution in [1.29, 1.82) is 0 Å². The molecule has 0 unspecified atom stereocenters. The molecule has 0 atom stereocenters. The molecule has 0 fully saturated rings. The largest absolute Gasteiger partial charge is 0.491 e. The quantitative estimate of drug-likeness (QED) is 0.786. The van der Waals surface area contributed by atoms with E-state index in [0.29, 0.717) is 19.7 Å². The number of imidazole rings is 1. The number of amides is 1. The number of ether oxygens (including phenoxy) is 1. The third-order valence-corrected chi connectivity index (χ3v) is 4.78. The number of carbonyl (C=O) groups excluding carboxylic acids is 1. The average molecular weight is 351 g/mol. The van der Waals surface area contributed by atoms with Gasteiger partial charge in [0, 0.05) is 12.1 Å². The first-order valence-electron chi connectivity index (χ1n) is 8.71. The van der Waals surface area contributed by atoms with Crippen LogP contribution in [0.2, 0.25) is 0 Å². The molecule has 4 rings (SSSR count). The summed E-state index contributed by atoms with van der Waals surface area (Å²) in [5.41, 5.74) is 3.61. The number of rotatable bonds is 3. The van der Waals surface area contributed by atoms with Crippen LogP contribution in [0.25, 0.3) is 11.0 Å². The van der Waals surface area contributed by atoms with Crippen LogP contribution in [0.4, 0.5) is 0 Å². The van der Waals surface area contributed by atoms with Crippen LogP contribution in [0.1, 0.15) is 17.0 Å². The van der Waals surface area contributed by atoms with E-state index in [1.807, 2.05) is 54.0 Å². The maximum Gasteiger partial charge on any atom is 0.242 e. The van der Waals surface area contributed by atoms with E-state index in [9.17, 15) is 9.90 Å². The van der Waals surface area contributed by atoms with Crippen LogP contribution in [0.15, 0.2) is 42.5 Å². The lowest BCUT2D eigenvalue weighted by Gasteiger charge is -2.21. The fourth-order valence-electron chi connectivity index (χ4n) is 3.39. The molecular weight excluding hydrogens is 330 g/mol. The van der Waals surface area contributed by atoms with Crippen molar-refractivity contribution >= 4 is 16.9 Å². The zero-order chi connectivity index (χ0) is 18.1. The van der Waals surface area contributed by atoms with E-state index in [1.54, 1.807) is 4.90 Å². The van der Waals surface area contributed by atoms with E-state index in [4.69, 9.17) is 4.74 Å². The van der Waals surface area contributed by atoms with Gasteiger partial charge in [-0.15, -0.1) is 0 Å². The van der Waals surface area contributed by atoms with Crippen molar-refractivity contribution in [3.8, 4) is 5.75 Å². The van der Waals surface area contributed by atoms with Gasteiger partial charge in [-0.1, -0.05) is 18.2 Å². The minimum atomic E-state index is -0.0263. The van der Waals surface area contributed by atoms with Crippen molar-refractivity contribution in [2.75, 3.05) is 13.2 Å². The van der Waals surface area contributed by atoms with Crippen molar-refractivity contribution in [3.05, 3.63) is 59.4 Å². The lowest BCUT2D eigenvalue weighted by Crippen LogP contribution is -2.35. The first kappa shape index (κ1) is 16.6. The summed E-state index contributed by atoms with van der Waals surface area (Å²) in [6.45, 7) is 3.62. The number of carbonyl (C=O) groups is 1. The second kappa shape index (κ2) is 6.80. The summed E-state index contributed by atoms with van der Waals surface area (Å²) in [5, 5.41) is 9.36. The molecule has 1 aliphatic heterocycles. The van der Waals surface area contributed by atoms with Gasteiger partial charge in [0.1, 0.15) is 24.7 Å². The normalized spacial score (nSPS) is 14.0. The summed E-state index contributed by atoms with van der Waals surface area (Å²) in [5.74, 6) is 1.64. The molecule has 26 heavy (non-hydrogen) atoms. The zero-order valence-corrected chi connectivity index (χ0v) is 14.7. The Labute approximate surface area is 151 Å². The number of aliphatic hydroxyl groups excluding tert-OH is 1. The van der Waals surface area contributed by atoms with Crippen molar-refractivity contribution in [1.82, 2.24) is 14.5 Å². The minimum absolute atomic E-state index is 0.0263. The molecule has 1 aliphatic rings. The number of aliphatic hydroxyl groups is 1. The van der Waals surface area contributed by atoms with Gasteiger partial charge in [-0.3, -0.25) is 4.79 Å². The first-order valence-corrected chi connectivity index (χ1v) is 8.71. The Balaban J connectivity index is 1.58. The summed E-state index contributed by atoms with van der Waals surface area (Å²) >= 11 is 0. The van der Waals surface area contributed by atoms with E-state index < -0.39 is 0 Å². The number of para-hydroxylation sites is 2. The number of hydrogen-bond donors (Lipinski definition) is 1. The van der Waals surface area contributed by atoms with Crippen LogP contribution in [0.5, 0.6) is 5.75 Å². The molecule has 0 bridgehead atoms. The number of aryl methyl sites for hydroxylation is 1. The second-order valence-corrected chi connectivity index (χ2v) is 6.50. The van der Waals surface area contributed by atoms with Crippen molar-refractivity contribution in [2.24, 2.45) is 0 Å². The highest BCUT2D eigenvalue weighted by Gasteiger charge is 2.21. The van der Waals surface area contributed by atoms with E-state index in [1.165, 1.54) is 0 Å².